The van der Waals surface area contributed by atoms with Crippen LogP contribution in [0.15, 0.2) is 18.2 Å². The Balaban J connectivity index is 1.72. The highest BCUT2D eigenvalue weighted by Crippen LogP contribution is 2.29. The first-order valence-corrected chi connectivity index (χ1v) is 7.40. The van der Waals surface area contributed by atoms with Crippen molar-refractivity contribution in [1.82, 2.24) is 4.90 Å². The number of benzene rings is 1. The number of hydrogen-bond donors (Lipinski definition) is 1. The highest BCUT2D eigenvalue weighted by Gasteiger charge is 2.35. The van der Waals surface area contributed by atoms with Crippen molar-refractivity contribution in [2.45, 2.75) is 38.0 Å². The summed E-state index contributed by atoms with van der Waals surface area (Å²) in [5.41, 5.74) is 8.51. The molecule has 1 aromatic rings. The zero-order valence-corrected chi connectivity index (χ0v) is 12.1. The van der Waals surface area contributed by atoms with Gasteiger partial charge in [0.2, 0.25) is 0 Å². The highest BCUT2D eigenvalue weighted by atomic mass is 35.5. The lowest BCUT2D eigenvalue weighted by Crippen LogP contribution is -2.49. The molecule has 19 heavy (non-hydrogen) atoms. The molecule has 3 rings (SSSR count). The predicted molar refractivity (Wildman–Crippen MR) is 77.5 cm³/mol. The van der Waals surface area contributed by atoms with Crippen molar-refractivity contribution < 1.29 is 4.74 Å². The Hall–Kier alpha value is -0.610. The van der Waals surface area contributed by atoms with Crippen molar-refractivity contribution in [2.75, 3.05) is 19.7 Å². The minimum Gasteiger partial charge on any atom is -0.373 e. The predicted octanol–water partition coefficient (Wildman–Crippen LogP) is 2.51. The molecule has 2 N–H and O–H groups in total. The van der Waals surface area contributed by atoms with Gasteiger partial charge < -0.3 is 10.5 Å². The first kappa shape index (κ1) is 13.4. The van der Waals surface area contributed by atoms with Crippen molar-refractivity contribution in [3.05, 3.63) is 34.3 Å². The van der Waals surface area contributed by atoms with Crippen molar-refractivity contribution in [3.8, 4) is 0 Å². The topological polar surface area (TPSA) is 38.5 Å². The number of nitrogens with two attached hydrogens (primary N) is 1. The van der Waals surface area contributed by atoms with Crippen LogP contribution < -0.4 is 5.73 Å². The normalized spacial score (nSPS) is 29.2. The molecule has 104 valence electrons. The smallest absolute Gasteiger partial charge is 0.0895 e. The Kier molecular flexibility index (Phi) is 3.81. The van der Waals surface area contributed by atoms with Gasteiger partial charge in [0.1, 0.15) is 0 Å². The first-order chi connectivity index (χ1) is 9.15. The molecule has 3 unspecified atom stereocenters. The van der Waals surface area contributed by atoms with Gasteiger partial charge in [-0.05, 0) is 43.5 Å². The lowest BCUT2D eigenvalue weighted by atomic mass is 9.99. The largest absolute Gasteiger partial charge is 0.373 e. The van der Waals surface area contributed by atoms with Crippen LogP contribution in [0.2, 0.25) is 5.02 Å². The zero-order valence-electron chi connectivity index (χ0n) is 11.3. The van der Waals surface area contributed by atoms with E-state index in [0.717, 1.165) is 29.3 Å². The Morgan fingerprint density at radius 1 is 1.47 bits per heavy atom. The third kappa shape index (κ3) is 2.65. The zero-order chi connectivity index (χ0) is 13.4. The summed E-state index contributed by atoms with van der Waals surface area (Å²) >= 11 is 6.18. The maximum Gasteiger partial charge on any atom is 0.0895 e. The van der Waals surface area contributed by atoms with Crippen LogP contribution in [-0.2, 0) is 4.74 Å². The second-order valence-corrected chi connectivity index (χ2v) is 6.10. The van der Waals surface area contributed by atoms with E-state index in [1.54, 1.807) is 0 Å². The molecule has 3 nitrogen and oxygen atoms in total. The summed E-state index contributed by atoms with van der Waals surface area (Å²) in [6, 6.07) is 6.58. The first-order valence-electron chi connectivity index (χ1n) is 7.02. The summed E-state index contributed by atoms with van der Waals surface area (Å²) in [7, 11) is 0. The molecule has 0 amide bonds. The minimum absolute atomic E-state index is 0.0770. The molecule has 0 aromatic heterocycles. The fraction of sp³-hybridized carbons (Fsp3) is 0.600. The molecular weight excluding hydrogens is 260 g/mol. The van der Waals surface area contributed by atoms with Gasteiger partial charge in [-0.15, -0.1) is 0 Å². The van der Waals surface area contributed by atoms with Gasteiger partial charge in [-0.3, -0.25) is 4.90 Å². The van der Waals surface area contributed by atoms with Crippen LogP contribution in [-0.4, -0.2) is 36.7 Å². The van der Waals surface area contributed by atoms with E-state index in [4.69, 9.17) is 22.1 Å². The van der Waals surface area contributed by atoms with Crippen LogP contribution in [0.5, 0.6) is 0 Å². The monoisotopic (exact) mass is 280 g/mol. The van der Waals surface area contributed by atoms with Gasteiger partial charge in [0, 0.05) is 17.6 Å². The molecule has 2 heterocycles. The van der Waals surface area contributed by atoms with Gasteiger partial charge in [-0.2, -0.15) is 0 Å². The van der Waals surface area contributed by atoms with E-state index in [9.17, 15) is 0 Å². The summed E-state index contributed by atoms with van der Waals surface area (Å²) in [6.07, 6.45) is 2.62. The summed E-state index contributed by atoms with van der Waals surface area (Å²) in [4.78, 5) is 2.52. The molecule has 0 aliphatic carbocycles. The van der Waals surface area contributed by atoms with Crippen LogP contribution in [0.4, 0.5) is 0 Å². The highest BCUT2D eigenvalue weighted by molar-refractivity contribution is 6.31. The van der Waals surface area contributed by atoms with Gasteiger partial charge in [0.25, 0.3) is 0 Å². The summed E-state index contributed by atoms with van der Waals surface area (Å²) < 4.78 is 5.97. The van der Waals surface area contributed by atoms with Gasteiger partial charge in [0.15, 0.2) is 0 Å². The van der Waals surface area contributed by atoms with Crippen LogP contribution in [0.3, 0.4) is 0 Å². The van der Waals surface area contributed by atoms with E-state index in [-0.39, 0.29) is 12.1 Å². The van der Waals surface area contributed by atoms with Crippen LogP contribution in [0.25, 0.3) is 0 Å². The second-order valence-electron chi connectivity index (χ2n) is 5.70. The molecule has 4 heteroatoms. The third-order valence-electron chi connectivity index (χ3n) is 4.40. The number of hydrogen-bond acceptors (Lipinski definition) is 3. The molecule has 2 aliphatic heterocycles. The van der Waals surface area contributed by atoms with E-state index < -0.39 is 0 Å². The lowest BCUT2D eigenvalue weighted by molar-refractivity contribution is -0.0597. The molecule has 3 atom stereocenters. The quantitative estimate of drug-likeness (QED) is 0.905. The Bertz CT molecular complexity index is 465. The average Bonchev–Trinajstić information content (AvgIpc) is 2.88. The maximum absolute atomic E-state index is 6.36. The molecule has 2 saturated heterocycles. The molecule has 2 fully saturated rings. The number of aryl methyl sites for hydroxylation is 1. The molecule has 0 bridgehead atoms. The lowest BCUT2D eigenvalue weighted by Gasteiger charge is -2.37. The number of halogens is 1. The van der Waals surface area contributed by atoms with Crippen molar-refractivity contribution in [2.24, 2.45) is 5.73 Å². The van der Waals surface area contributed by atoms with Gasteiger partial charge >= 0.3 is 0 Å². The van der Waals surface area contributed by atoms with Gasteiger partial charge in [-0.25, -0.2) is 0 Å². The summed E-state index contributed by atoms with van der Waals surface area (Å²) in [6.45, 7) is 4.95. The van der Waals surface area contributed by atoms with Crippen LogP contribution in [0, 0.1) is 6.92 Å². The minimum atomic E-state index is -0.0975. The molecular formula is C15H21ClN2O. The van der Waals surface area contributed by atoms with Crippen molar-refractivity contribution >= 4 is 11.6 Å². The van der Waals surface area contributed by atoms with E-state index in [0.29, 0.717) is 6.04 Å². The molecule has 0 saturated carbocycles. The van der Waals surface area contributed by atoms with Crippen LogP contribution in [0.1, 0.15) is 30.0 Å². The van der Waals surface area contributed by atoms with E-state index >= 15 is 0 Å². The third-order valence-corrected chi connectivity index (χ3v) is 4.80. The standard InChI is InChI=1S/C15H21ClN2O/c1-10-4-5-11(7-13(10)16)15(17)14-8-18-6-2-3-12(18)9-19-14/h4-5,7,12,14-15H,2-3,6,8-9,17H2,1H3. The average molecular weight is 281 g/mol. The number of fused-ring (bicyclic) bond motifs is 1. The second kappa shape index (κ2) is 5.41. The number of morpholine rings is 1. The number of rotatable bonds is 2. The van der Waals surface area contributed by atoms with Gasteiger partial charge in [-0.1, -0.05) is 23.7 Å². The maximum atomic E-state index is 6.36. The molecule has 2 aliphatic rings. The molecule has 0 radical (unpaired) electrons. The van der Waals surface area contributed by atoms with Gasteiger partial charge in [0.05, 0.1) is 18.8 Å². The van der Waals surface area contributed by atoms with E-state index in [1.807, 2.05) is 19.1 Å². The number of nitrogens with zero attached hydrogens (tertiary/aromatic N) is 1. The van der Waals surface area contributed by atoms with E-state index in [1.165, 1.54) is 19.4 Å². The summed E-state index contributed by atoms with van der Waals surface area (Å²) in [5.74, 6) is 0. The van der Waals surface area contributed by atoms with Crippen molar-refractivity contribution in [3.63, 3.8) is 0 Å². The van der Waals surface area contributed by atoms with Crippen LogP contribution >= 0.6 is 11.6 Å². The fourth-order valence-corrected chi connectivity index (χ4v) is 3.28. The number of ether oxygens (including phenoxy) is 1. The Morgan fingerprint density at radius 3 is 3.11 bits per heavy atom. The SMILES string of the molecule is Cc1ccc(C(N)C2CN3CCCC3CO2)cc1Cl. The fourth-order valence-electron chi connectivity index (χ4n) is 3.09. The summed E-state index contributed by atoms with van der Waals surface area (Å²) in [5, 5.41) is 0.780. The molecule has 1 aromatic carbocycles. The Morgan fingerprint density at radius 2 is 2.32 bits per heavy atom. The van der Waals surface area contributed by atoms with E-state index in [2.05, 4.69) is 11.0 Å². The molecule has 0 spiro atoms. The van der Waals surface area contributed by atoms with Crippen molar-refractivity contribution in [1.29, 1.82) is 0 Å². The Labute approximate surface area is 119 Å².